The van der Waals surface area contributed by atoms with Crippen LogP contribution in [0.5, 0.6) is 5.75 Å². The van der Waals surface area contributed by atoms with Crippen molar-refractivity contribution < 1.29 is 9.53 Å². The zero-order valence-electron chi connectivity index (χ0n) is 12.5. The van der Waals surface area contributed by atoms with Gasteiger partial charge in [0.05, 0.1) is 0 Å². The number of rotatable bonds is 7. The zero-order valence-corrected chi connectivity index (χ0v) is 12.5. The third-order valence-electron chi connectivity index (χ3n) is 3.64. The van der Waals surface area contributed by atoms with Crippen LogP contribution in [-0.2, 0) is 4.79 Å². The fraction of sp³-hybridized carbons (Fsp3) is 0.562. The van der Waals surface area contributed by atoms with Crippen molar-refractivity contribution in [3.05, 3.63) is 29.8 Å². The van der Waals surface area contributed by atoms with E-state index in [1.807, 2.05) is 31.3 Å². The van der Waals surface area contributed by atoms with Gasteiger partial charge in [-0.3, -0.25) is 4.79 Å². The lowest BCUT2D eigenvalue weighted by Crippen LogP contribution is -2.37. The molecule has 0 aliphatic heterocycles. The van der Waals surface area contributed by atoms with Crippen LogP contribution in [-0.4, -0.2) is 25.1 Å². The van der Waals surface area contributed by atoms with Gasteiger partial charge in [0.15, 0.2) is 6.10 Å². The second kappa shape index (κ2) is 6.75. The van der Waals surface area contributed by atoms with Crippen molar-refractivity contribution in [1.29, 1.82) is 0 Å². The highest BCUT2D eigenvalue weighted by Crippen LogP contribution is 2.21. The van der Waals surface area contributed by atoms with Crippen LogP contribution in [0.3, 0.4) is 0 Å². The quantitative estimate of drug-likeness (QED) is 0.804. The molecule has 4 nitrogen and oxygen atoms in total. The van der Waals surface area contributed by atoms with Crippen LogP contribution in [0, 0.1) is 0 Å². The Hall–Kier alpha value is -1.55. The lowest BCUT2D eigenvalue weighted by molar-refractivity contribution is -0.127. The van der Waals surface area contributed by atoms with Gasteiger partial charge in [0.25, 0.3) is 5.91 Å². The van der Waals surface area contributed by atoms with Crippen molar-refractivity contribution in [3.63, 3.8) is 0 Å². The van der Waals surface area contributed by atoms with E-state index in [0.29, 0.717) is 12.1 Å². The van der Waals surface area contributed by atoms with Crippen molar-refractivity contribution >= 4 is 5.91 Å². The highest BCUT2D eigenvalue weighted by Gasteiger charge is 2.26. The summed E-state index contributed by atoms with van der Waals surface area (Å²) >= 11 is 0. The minimum atomic E-state index is -0.451. The predicted octanol–water partition coefficient (Wildman–Crippen LogP) is 2.40. The Morgan fingerprint density at radius 1 is 1.35 bits per heavy atom. The topological polar surface area (TPSA) is 50.4 Å². The van der Waals surface area contributed by atoms with E-state index in [9.17, 15) is 4.79 Å². The van der Waals surface area contributed by atoms with E-state index in [1.54, 1.807) is 6.92 Å². The van der Waals surface area contributed by atoms with Crippen LogP contribution in [0.2, 0.25) is 0 Å². The van der Waals surface area contributed by atoms with Crippen LogP contribution in [0.25, 0.3) is 0 Å². The molecule has 0 bridgehead atoms. The van der Waals surface area contributed by atoms with Crippen LogP contribution >= 0.6 is 0 Å². The number of amides is 1. The third-order valence-corrected chi connectivity index (χ3v) is 3.64. The summed E-state index contributed by atoms with van der Waals surface area (Å²) in [6.07, 6.45) is 2.77. The van der Waals surface area contributed by atoms with Crippen molar-refractivity contribution in [3.8, 4) is 5.75 Å². The minimum absolute atomic E-state index is 0.0294. The van der Waals surface area contributed by atoms with Gasteiger partial charge in [-0.25, -0.2) is 0 Å². The van der Waals surface area contributed by atoms with E-state index in [4.69, 9.17) is 4.74 Å². The first-order valence-corrected chi connectivity index (χ1v) is 7.38. The van der Waals surface area contributed by atoms with Crippen LogP contribution in [0.1, 0.15) is 44.7 Å². The Bertz CT molecular complexity index is 436. The maximum Gasteiger partial charge on any atom is 0.260 e. The molecule has 1 aromatic carbocycles. The van der Waals surface area contributed by atoms with Gasteiger partial charge < -0.3 is 15.4 Å². The van der Waals surface area contributed by atoms with Gasteiger partial charge in [-0.05, 0) is 50.9 Å². The molecule has 0 saturated heterocycles. The molecule has 0 aromatic heterocycles. The van der Waals surface area contributed by atoms with E-state index < -0.39 is 6.10 Å². The van der Waals surface area contributed by atoms with Crippen LogP contribution < -0.4 is 15.4 Å². The molecule has 0 spiro atoms. The number of ether oxygens (including phenoxy) is 1. The smallest absolute Gasteiger partial charge is 0.260 e. The van der Waals surface area contributed by atoms with Gasteiger partial charge >= 0.3 is 0 Å². The maximum absolute atomic E-state index is 11.8. The average Bonchev–Trinajstić information content (AvgIpc) is 3.26. The van der Waals surface area contributed by atoms with E-state index in [-0.39, 0.29) is 5.91 Å². The highest BCUT2D eigenvalue weighted by atomic mass is 16.5. The summed E-state index contributed by atoms with van der Waals surface area (Å²) in [7, 11) is 1.96. The number of benzene rings is 1. The SMILES string of the molecule is CCC(NC)c1ccc(OC(C)C(=O)NC2CC2)cc1. The van der Waals surface area contributed by atoms with E-state index >= 15 is 0 Å². The normalized spacial score (nSPS) is 17.4. The first-order chi connectivity index (χ1) is 9.63. The fourth-order valence-corrected chi connectivity index (χ4v) is 2.19. The predicted molar refractivity (Wildman–Crippen MR) is 79.8 cm³/mol. The average molecular weight is 276 g/mol. The van der Waals surface area contributed by atoms with Gasteiger partial charge in [0.1, 0.15) is 5.75 Å². The van der Waals surface area contributed by atoms with Gasteiger partial charge in [-0.2, -0.15) is 0 Å². The molecule has 1 amide bonds. The van der Waals surface area contributed by atoms with Gasteiger partial charge in [0, 0.05) is 12.1 Å². The summed E-state index contributed by atoms with van der Waals surface area (Å²) in [4.78, 5) is 11.8. The molecule has 110 valence electrons. The molecule has 1 saturated carbocycles. The number of nitrogens with one attached hydrogen (secondary N) is 2. The molecular weight excluding hydrogens is 252 g/mol. The summed E-state index contributed by atoms with van der Waals surface area (Å²) < 4.78 is 5.67. The molecule has 1 aliphatic rings. The zero-order chi connectivity index (χ0) is 14.5. The Labute approximate surface area is 120 Å². The molecule has 1 fully saturated rings. The molecule has 1 aromatic rings. The van der Waals surface area contributed by atoms with Crippen molar-refractivity contribution in [2.75, 3.05) is 7.05 Å². The Kier molecular flexibility index (Phi) is 5.01. The van der Waals surface area contributed by atoms with Gasteiger partial charge in [-0.15, -0.1) is 0 Å². The monoisotopic (exact) mass is 276 g/mol. The van der Waals surface area contributed by atoms with Crippen molar-refractivity contribution in [2.45, 2.75) is 51.3 Å². The van der Waals surface area contributed by atoms with Crippen LogP contribution in [0.4, 0.5) is 0 Å². The number of carbonyl (C=O) groups is 1. The van der Waals surface area contributed by atoms with Crippen molar-refractivity contribution in [1.82, 2.24) is 10.6 Å². The second-order valence-corrected chi connectivity index (χ2v) is 5.36. The molecule has 2 rings (SSSR count). The highest BCUT2D eigenvalue weighted by molar-refractivity contribution is 5.81. The largest absolute Gasteiger partial charge is 0.481 e. The summed E-state index contributed by atoms with van der Waals surface area (Å²) in [5, 5.41) is 6.22. The van der Waals surface area contributed by atoms with Gasteiger partial charge in [0.2, 0.25) is 0 Å². The first-order valence-electron chi connectivity index (χ1n) is 7.38. The van der Waals surface area contributed by atoms with E-state index in [0.717, 1.165) is 25.0 Å². The molecule has 0 heterocycles. The molecule has 0 radical (unpaired) electrons. The first kappa shape index (κ1) is 14.9. The minimum Gasteiger partial charge on any atom is -0.481 e. The second-order valence-electron chi connectivity index (χ2n) is 5.36. The van der Waals surface area contributed by atoms with Crippen molar-refractivity contribution in [2.24, 2.45) is 0 Å². The molecule has 20 heavy (non-hydrogen) atoms. The molecule has 4 heteroatoms. The molecular formula is C16H24N2O2. The number of carbonyl (C=O) groups excluding carboxylic acids is 1. The summed E-state index contributed by atoms with van der Waals surface area (Å²) in [5.41, 5.74) is 1.23. The summed E-state index contributed by atoms with van der Waals surface area (Å²) in [6.45, 7) is 3.93. The number of hydrogen-bond donors (Lipinski definition) is 2. The standard InChI is InChI=1S/C16H24N2O2/c1-4-15(17-3)12-5-9-14(10-6-12)20-11(2)16(19)18-13-7-8-13/h5-6,9-11,13,15,17H,4,7-8H2,1-3H3,(H,18,19). The summed E-state index contributed by atoms with van der Waals surface area (Å²) in [5.74, 6) is 0.705. The van der Waals surface area contributed by atoms with Crippen LogP contribution in [0.15, 0.2) is 24.3 Å². The lowest BCUT2D eigenvalue weighted by Gasteiger charge is -2.17. The third kappa shape index (κ3) is 3.97. The molecule has 2 unspecified atom stereocenters. The van der Waals surface area contributed by atoms with E-state index in [2.05, 4.69) is 17.6 Å². The summed E-state index contributed by atoms with van der Waals surface area (Å²) in [6, 6.07) is 8.68. The maximum atomic E-state index is 11.8. The Morgan fingerprint density at radius 2 is 2.00 bits per heavy atom. The lowest BCUT2D eigenvalue weighted by atomic mass is 10.0. The van der Waals surface area contributed by atoms with E-state index in [1.165, 1.54) is 5.56 Å². The Balaban J connectivity index is 1.90. The van der Waals surface area contributed by atoms with Gasteiger partial charge in [-0.1, -0.05) is 19.1 Å². The fourth-order valence-electron chi connectivity index (χ4n) is 2.19. The molecule has 1 aliphatic carbocycles. The Morgan fingerprint density at radius 3 is 2.50 bits per heavy atom. The number of hydrogen-bond acceptors (Lipinski definition) is 3. The molecule has 2 N–H and O–H groups in total. The molecule has 2 atom stereocenters.